The van der Waals surface area contributed by atoms with Crippen LogP contribution in [0.15, 0.2) is 12.1 Å². The lowest BCUT2D eigenvalue weighted by molar-refractivity contribution is 0.220. The maximum Gasteiger partial charge on any atom is 0.203 e. The predicted molar refractivity (Wildman–Crippen MR) is 102 cm³/mol. The number of aromatic hydroxyl groups is 2. The van der Waals surface area contributed by atoms with Crippen LogP contribution in [0.4, 0.5) is 0 Å². The first-order chi connectivity index (χ1) is 13.0. The smallest absolute Gasteiger partial charge is 0.203 e. The molecule has 27 heavy (non-hydrogen) atoms. The molecule has 2 N–H and O–H groups in total. The fourth-order valence-corrected chi connectivity index (χ4v) is 4.55. The van der Waals surface area contributed by atoms with Gasteiger partial charge in [-0.3, -0.25) is 4.90 Å². The van der Waals surface area contributed by atoms with Gasteiger partial charge in [0.05, 0.1) is 21.3 Å². The normalized spacial score (nSPS) is 18.3. The highest BCUT2D eigenvalue weighted by Crippen LogP contribution is 2.56. The molecule has 1 aliphatic carbocycles. The zero-order valence-corrected chi connectivity index (χ0v) is 16.1. The van der Waals surface area contributed by atoms with Crippen molar-refractivity contribution in [2.24, 2.45) is 0 Å². The fraction of sp³-hybridized carbons (Fsp3) is 0.429. The predicted octanol–water partition coefficient (Wildman–Crippen LogP) is 3.27. The van der Waals surface area contributed by atoms with Crippen LogP contribution < -0.4 is 14.2 Å². The van der Waals surface area contributed by atoms with E-state index in [1.54, 1.807) is 14.2 Å². The highest BCUT2D eigenvalue weighted by atomic mass is 16.5. The molecule has 2 aliphatic rings. The molecule has 2 aromatic rings. The van der Waals surface area contributed by atoms with Crippen LogP contribution in [0.1, 0.15) is 29.2 Å². The molecule has 0 saturated heterocycles. The van der Waals surface area contributed by atoms with Crippen molar-refractivity contribution in [2.75, 3.05) is 34.9 Å². The molecule has 4 rings (SSSR count). The molecule has 0 radical (unpaired) electrons. The summed E-state index contributed by atoms with van der Waals surface area (Å²) in [6.07, 6.45) is 2.52. The van der Waals surface area contributed by atoms with Crippen molar-refractivity contribution in [3.05, 3.63) is 28.8 Å². The number of aryl methyl sites for hydroxylation is 1. The summed E-state index contributed by atoms with van der Waals surface area (Å²) in [6, 6.07) is 4.00. The lowest BCUT2D eigenvalue weighted by atomic mass is 9.85. The topological polar surface area (TPSA) is 71.4 Å². The van der Waals surface area contributed by atoms with Crippen molar-refractivity contribution in [1.82, 2.24) is 4.90 Å². The maximum atomic E-state index is 11.1. The van der Waals surface area contributed by atoms with E-state index in [1.807, 2.05) is 12.1 Å². The summed E-state index contributed by atoms with van der Waals surface area (Å²) in [5, 5.41) is 22.1. The highest BCUT2D eigenvalue weighted by Gasteiger charge is 2.36. The molecule has 0 saturated carbocycles. The van der Waals surface area contributed by atoms with Crippen molar-refractivity contribution < 1.29 is 24.4 Å². The molecule has 144 valence electrons. The van der Waals surface area contributed by atoms with Crippen LogP contribution in [0.25, 0.3) is 11.1 Å². The van der Waals surface area contributed by atoms with E-state index in [2.05, 4.69) is 11.9 Å². The second-order valence-corrected chi connectivity index (χ2v) is 7.16. The van der Waals surface area contributed by atoms with E-state index in [0.717, 1.165) is 42.5 Å². The number of hydrogen-bond donors (Lipinski definition) is 2. The van der Waals surface area contributed by atoms with Crippen LogP contribution in [0.5, 0.6) is 28.7 Å². The Labute approximate surface area is 158 Å². The van der Waals surface area contributed by atoms with Crippen LogP contribution in [-0.4, -0.2) is 50.0 Å². The molecule has 6 nitrogen and oxygen atoms in total. The Bertz CT molecular complexity index is 908. The zero-order chi connectivity index (χ0) is 19.3. The number of likely N-dealkylation sites (N-methyl/N-ethyl adjacent to an activating group) is 1. The third kappa shape index (κ3) is 2.51. The minimum absolute atomic E-state index is 0.00789. The van der Waals surface area contributed by atoms with Crippen molar-refractivity contribution in [2.45, 2.75) is 25.3 Å². The average Bonchev–Trinajstić information content (AvgIpc) is 2.85. The molecular weight excluding hydrogens is 346 g/mol. The van der Waals surface area contributed by atoms with E-state index in [0.29, 0.717) is 22.6 Å². The van der Waals surface area contributed by atoms with Gasteiger partial charge in [0.1, 0.15) is 0 Å². The maximum absolute atomic E-state index is 11.1. The number of phenolic OH excluding ortho intramolecular Hbond substituents is 2. The van der Waals surface area contributed by atoms with Gasteiger partial charge < -0.3 is 24.4 Å². The van der Waals surface area contributed by atoms with Gasteiger partial charge in [0.25, 0.3) is 0 Å². The van der Waals surface area contributed by atoms with Gasteiger partial charge in [-0.05, 0) is 55.1 Å². The Morgan fingerprint density at radius 2 is 1.59 bits per heavy atom. The van der Waals surface area contributed by atoms with Crippen LogP contribution in [0.2, 0.25) is 0 Å². The quantitative estimate of drug-likeness (QED) is 0.863. The first kappa shape index (κ1) is 17.8. The van der Waals surface area contributed by atoms with Gasteiger partial charge in [0, 0.05) is 23.7 Å². The van der Waals surface area contributed by atoms with Crippen LogP contribution in [-0.2, 0) is 12.8 Å². The summed E-state index contributed by atoms with van der Waals surface area (Å²) in [5.74, 6) is 1.23. The van der Waals surface area contributed by atoms with Crippen molar-refractivity contribution in [3.8, 4) is 39.9 Å². The Morgan fingerprint density at radius 3 is 2.26 bits per heavy atom. The first-order valence-corrected chi connectivity index (χ1v) is 9.11. The van der Waals surface area contributed by atoms with E-state index in [4.69, 9.17) is 14.2 Å². The Morgan fingerprint density at radius 1 is 0.889 bits per heavy atom. The van der Waals surface area contributed by atoms with E-state index in [-0.39, 0.29) is 23.3 Å². The molecule has 0 bridgehead atoms. The monoisotopic (exact) mass is 371 g/mol. The van der Waals surface area contributed by atoms with Gasteiger partial charge in [0.15, 0.2) is 23.0 Å². The second kappa shape index (κ2) is 6.53. The lowest BCUT2D eigenvalue weighted by Crippen LogP contribution is -2.32. The number of benzene rings is 2. The fourth-order valence-electron chi connectivity index (χ4n) is 4.55. The van der Waals surface area contributed by atoms with Crippen LogP contribution in [0, 0.1) is 0 Å². The number of hydrogen-bond acceptors (Lipinski definition) is 6. The van der Waals surface area contributed by atoms with Crippen molar-refractivity contribution >= 4 is 0 Å². The molecule has 1 atom stereocenters. The van der Waals surface area contributed by atoms with Gasteiger partial charge in [-0.25, -0.2) is 0 Å². The standard InChI is InChI=1S/C21H25NO5/c1-22-8-7-12-9-14(25-2)19(23)18-16(12)13(22)6-5-11-10-15(26-3)21(27-4)20(24)17(11)18/h9-10,13,23-24H,5-8H2,1-4H3. The van der Waals surface area contributed by atoms with Crippen LogP contribution in [0.3, 0.4) is 0 Å². The van der Waals surface area contributed by atoms with E-state index in [9.17, 15) is 10.2 Å². The lowest BCUT2D eigenvalue weighted by Gasteiger charge is -2.35. The van der Waals surface area contributed by atoms with Crippen molar-refractivity contribution in [3.63, 3.8) is 0 Å². The number of phenols is 2. The molecule has 0 fully saturated rings. The Balaban J connectivity index is 2.11. The molecule has 1 aliphatic heterocycles. The summed E-state index contributed by atoms with van der Waals surface area (Å²) in [6.45, 7) is 0.944. The number of rotatable bonds is 3. The van der Waals surface area contributed by atoms with Gasteiger partial charge >= 0.3 is 0 Å². The molecule has 0 aromatic heterocycles. The van der Waals surface area contributed by atoms with Gasteiger partial charge in [-0.2, -0.15) is 0 Å². The molecule has 0 spiro atoms. The number of nitrogens with zero attached hydrogens (tertiary/aromatic N) is 1. The summed E-state index contributed by atoms with van der Waals surface area (Å²) >= 11 is 0. The Hall–Kier alpha value is -2.60. The summed E-state index contributed by atoms with van der Waals surface area (Å²) in [7, 11) is 6.71. The van der Waals surface area contributed by atoms with E-state index in [1.165, 1.54) is 7.11 Å². The number of fused-ring (bicyclic) bond motifs is 2. The molecule has 0 amide bonds. The second-order valence-electron chi connectivity index (χ2n) is 7.16. The number of ether oxygens (including phenoxy) is 3. The molecule has 1 unspecified atom stereocenters. The van der Waals surface area contributed by atoms with Gasteiger partial charge in [-0.1, -0.05) is 0 Å². The zero-order valence-electron chi connectivity index (χ0n) is 16.1. The molecule has 2 aromatic carbocycles. The minimum Gasteiger partial charge on any atom is -0.504 e. The minimum atomic E-state index is -0.00789. The molecular formula is C21H25NO5. The molecule has 6 heteroatoms. The summed E-state index contributed by atoms with van der Waals surface area (Å²) in [4.78, 5) is 2.31. The average molecular weight is 371 g/mol. The third-order valence-electron chi connectivity index (χ3n) is 5.87. The Kier molecular flexibility index (Phi) is 4.30. The third-order valence-corrected chi connectivity index (χ3v) is 5.87. The largest absolute Gasteiger partial charge is 0.504 e. The highest BCUT2D eigenvalue weighted by molar-refractivity contribution is 5.88. The number of methoxy groups -OCH3 is 3. The first-order valence-electron chi connectivity index (χ1n) is 9.11. The van der Waals surface area contributed by atoms with Gasteiger partial charge in [-0.15, -0.1) is 0 Å². The van der Waals surface area contributed by atoms with Crippen molar-refractivity contribution in [1.29, 1.82) is 0 Å². The van der Waals surface area contributed by atoms with Crippen LogP contribution >= 0.6 is 0 Å². The summed E-state index contributed by atoms with van der Waals surface area (Å²) < 4.78 is 16.3. The van der Waals surface area contributed by atoms with E-state index < -0.39 is 0 Å². The van der Waals surface area contributed by atoms with E-state index >= 15 is 0 Å². The SMILES string of the molecule is COc1cc2c3c(c1O)-c1c(cc(OC)c(OC)c1O)CCC3N(C)CC2. The summed E-state index contributed by atoms with van der Waals surface area (Å²) in [5.41, 5.74) is 4.41. The molecule has 1 heterocycles. The van der Waals surface area contributed by atoms with Gasteiger partial charge in [0.2, 0.25) is 5.75 Å².